The minimum Gasteiger partial charge on any atom is -0.462 e. The number of hydrogen-bond donors (Lipinski definition) is 1. The number of amidine groups is 1. The Bertz CT molecular complexity index is 2510. The van der Waals surface area contributed by atoms with Crippen LogP contribution in [-0.2, 0) is 44.5 Å². The van der Waals surface area contributed by atoms with Gasteiger partial charge < -0.3 is 23.9 Å². The van der Waals surface area contributed by atoms with E-state index >= 15 is 14.4 Å². The van der Waals surface area contributed by atoms with E-state index in [0.717, 1.165) is 19.3 Å². The highest BCUT2D eigenvalue weighted by molar-refractivity contribution is 6.25. The maximum absolute atomic E-state index is 15.9. The molecule has 84 heavy (non-hydrogen) atoms. The van der Waals surface area contributed by atoms with Crippen LogP contribution in [0.25, 0.3) is 6.08 Å². The summed E-state index contributed by atoms with van der Waals surface area (Å²) in [6, 6.07) is 0. The maximum atomic E-state index is 15.9. The topological polar surface area (TPSA) is 154 Å². The van der Waals surface area contributed by atoms with Crippen LogP contribution in [0.2, 0.25) is 0 Å². The van der Waals surface area contributed by atoms with Gasteiger partial charge in [0.15, 0.2) is 5.84 Å². The van der Waals surface area contributed by atoms with Crippen LogP contribution in [-0.4, -0.2) is 84.4 Å². The number of ketones is 1. The quantitative estimate of drug-likeness (QED) is 0.0461. The van der Waals surface area contributed by atoms with Crippen molar-refractivity contribution in [2.24, 2.45) is 78.9 Å². The number of amides is 1. The molecule has 2 heterocycles. The van der Waals surface area contributed by atoms with E-state index in [9.17, 15) is 9.59 Å². The van der Waals surface area contributed by atoms with Crippen LogP contribution in [0.4, 0.5) is 0 Å². The number of aliphatic imine (C=N–C) groups is 1. The van der Waals surface area contributed by atoms with Gasteiger partial charge in [-0.25, -0.2) is 19.4 Å². The number of esters is 3. The number of aromatic amines is 1. The molecule has 0 aromatic carbocycles. The molecule has 3 aliphatic rings. The fourth-order valence-corrected chi connectivity index (χ4v) is 14.6. The average molecular weight is 1170 g/mol. The number of hydrogen-bond acceptors (Lipinski definition) is 10. The SMILES string of the molecule is C=C(C)C(=O)OCC1CC(C(C)(C)C)C(OC(=O)c2c(CC(=O)C(CC)(CC)CC)[nH]c(/C=C3\N=C(N(C)C(=O)C(CC)(CC)CC)C(C(=O)OC4C(C(C)(C)C)CC(COCCC)CC4C(C)(C)C)=C3C(C)C)c2C(C)C)C(C(C)(C)C)C1. The Morgan fingerprint density at radius 1 is 0.643 bits per heavy atom. The number of likely N-dealkylation sites (N-methyl/N-ethyl adjacent to an activating group) is 1. The van der Waals surface area contributed by atoms with Gasteiger partial charge in [-0.3, -0.25) is 14.5 Å². The largest absolute Gasteiger partial charge is 0.462 e. The predicted octanol–water partition coefficient (Wildman–Crippen LogP) is 17.3. The minimum atomic E-state index is -0.690. The third-order valence-corrected chi connectivity index (χ3v) is 20.4. The molecule has 2 fully saturated rings. The predicted molar refractivity (Wildman–Crippen MR) is 343 cm³/mol. The summed E-state index contributed by atoms with van der Waals surface area (Å²) in [4.78, 5) is 85.2. The van der Waals surface area contributed by atoms with Crippen LogP contribution in [0, 0.1) is 73.9 Å². The zero-order valence-electron chi connectivity index (χ0n) is 57.7. The lowest BCUT2D eigenvalue weighted by molar-refractivity contribution is -0.166. The zero-order chi connectivity index (χ0) is 64.0. The maximum Gasteiger partial charge on any atom is 0.342 e. The minimum absolute atomic E-state index is 0.0132. The summed E-state index contributed by atoms with van der Waals surface area (Å²) >= 11 is 0. The van der Waals surface area contributed by atoms with E-state index in [1.807, 2.05) is 40.7 Å². The van der Waals surface area contributed by atoms with Crippen molar-refractivity contribution in [2.45, 2.75) is 261 Å². The van der Waals surface area contributed by atoms with Crippen molar-refractivity contribution in [1.29, 1.82) is 0 Å². The Morgan fingerprint density at radius 2 is 1.07 bits per heavy atom. The summed E-state index contributed by atoms with van der Waals surface area (Å²) in [5, 5.41) is 0. The van der Waals surface area contributed by atoms with Crippen molar-refractivity contribution in [3.05, 3.63) is 51.5 Å². The van der Waals surface area contributed by atoms with Crippen LogP contribution in [0.15, 0.2) is 34.0 Å². The molecule has 12 nitrogen and oxygen atoms in total. The molecule has 12 heteroatoms. The number of aromatic nitrogens is 1. The first kappa shape index (κ1) is 72.2. The summed E-state index contributed by atoms with van der Waals surface area (Å²) in [6.45, 7) is 56.3. The average Bonchev–Trinajstić information content (AvgIpc) is 2.36. The van der Waals surface area contributed by atoms with E-state index < -0.39 is 40.9 Å². The van der Waals surface area contributed by atoms with Gasteiger partial charge >= 0.3 is 17.9 Å². The van der Waals surface area contributed by atoms with Gasteiger partial charge in [0.2, 0.25) is 5.91 Å². The second kappa shape index (κ2) is 28.7. The summed E-state index contributed by atoms with van der Waals surface area (Å²) in [5.41, 5.74) is 1.54. The van der Waals surface area contributed by atoms with E-state index in [0.29, 0.717) is 110 Å². The van der Waals surface area contributed by atoms with E-state index in [1.54, 1.807) is 18.9 Å². The molecular weight excluding hydrogens is 1050 g/mol. The Labute approximate surface area is 510 Å². The summed E-state index contributed by atoms with van der Waals surface area (Å²) in [6.07, 6.45) is 8.78. The number of nitrogens with zero attached hydrogens (tertiary/aromatic N) is 2. The van der Waals surface area contributed by atoms with Gasteiger partial charge in [0.25, 0.3) is 0 Å². The van der Waals surface area contributed by atoms with Gasteiger partial charge in [0.05, 0.1) is 17.9 Å². The first-order chi connectivity index (χ1) is 38.8. The highest BCUT2D eigenvalue weighted by Gasteiger charge is 2.52. The molecule has 1 aromatic rings. The number of carbonyl (C=O) groups is 5. The number of rotatable bonds is 24. The molecule has 1 aliphatic heterocycles. The second-order valence-corrected chi connectivity index (χ2v) is 30.8. The normalized spacial score (nSPS) is 23.5. The molecule has 1 aromatic heterocycles. The molecule has 0 bridgehead atoms. The van der Waals surface area contributed by atoms with Crippen molar-refractivity contribution in [3.63, 3.8) is 0 Å². The number of Topliss-reactive ketones (excluding diaryl/α,β-unsaturated/α-hetero) is 1. The number of ether oxygens (including phenoxy) is 4. The fraction of sp³-hybridized carbons (Fsp3) is 0.778. The van der Waals surface area contributed by atoms with Gasteiger partial charge in [-0.1, -0.05) is 166 Å². The number of nitrogens with one attached hydrogen (secondary N) is 1. The first-order valence-corrected chi connectivity index (χ1v) is 32.7. The molecule has 4 unspecified atom stereocenters. The Morgan fingerprint density at radius 3 is 1.45 bits per heavy atom. The molecule has 2 aliphatic carbocycles. The van der Waals surface area contributed by atoms with Gasteiger partial charge in [0, 0.05) is 78.1 Å². The molecule has 4 rings (SSSR count). The number of carbonyl (C=O) groups excluding carboxylic acids is 5. The molecule has 0 radical (unpaired) electrons. The monoisotopic (exact) mass is 1170 g/mol. The van der Waals surface area contributed by atoms with Crippen LogP contribution in [0.3, 0.4) is 0 Å². The van der Waals surface area contributed by atoms with Crippen LogP contribution >= 0.6 is 0 Å². The van der Waals surface area contributed by atoms with Crippen molar-refractivity contribution < 1.29 is 42.9 Å². The molecule has 476 valence electrons. The number of H-pyrrole nitrogens is 1. The smallest absolute Gasteiger partial charge is 0.342 e. The summed E-state index contributed by atoms with van der Waals surface area (Å²) in [5.74, 6) is -1.58. The Kier molecular flexibility index (Phi) is 24.6. The molecule has 1 amide bonds. The van der Waals surface area contributed by atoms with E-state index in [4.69, 9.17) is 23.9 Å². The van der Waals surface area contributed by atoms with E-state index in [2.05, 4.69) is 136 Å². The molecule has 0 saturated heterocycles. The molecule has 4 atom stereocenters. The fourth-order valence-electron chi connectivity index (χ4n) is 14.6. The first-order valence-electron chi connectivity index (χ1n) is 32.7. The van der Waals surface area contributed by atoms with Crippen LogP contribution in [0.1, 0.15) is 270 Å². The highest BCUT2D eigenvalue weighted by atomic mass is 16.6. The van der Waals surface area contributed by atoms with Crippen LogP contribution < -0.4 is 0 Å². The Hall–Kier alpha value is -4.32. The van der Waals surface area contributed by atoms with Crippen LogP contribution in [0.5, 0.6) is 0 Å². The van der Waals surface area contributed by atoms with Crippen molar-refractivity contribution in [2.75, 3.05) is 26.9 Å². The molecule has 0 spiro atoms. The Balaban J connectivity index is 2.10. The highest BCUT2D eigenvalue weighted by Crippen LogP contribution is 2.53. The molecule has 2 saturated carbocycles. The van der Waals surface area contributed by atoms with Gasteiger partial charge in [-0.2, -0.15) is 0 Å². The van der Waals surface area contributed by atoms with E-state index in [-0.39, 0.29) is 99.2 Å². The summed E-state index contributed by atoms with van der Waals surface area (Å²) in [7, 11) is 1.74. The lowest BCUT2D eigenvalue weighted by Crippen LogP contribution is -2.51. The van der Waals surface area contributed by atoms with Crippen molar-refractivity contribution in [3.8, 4) is 0 Å². The van der Waals surface area contributed by atoms with Crippen molar-refractivity contribution in [1.82, 2.24) is 9.88 Å². The van der Waals surface area contributed by atoms with Gasteiger partial charge in [-0.05, 0) is 140 Å². The standard InChI is InChI=1S/C72H119N3O9/c1-27-34-81-41-46-35-48(67(14,15)16)61(49(36-46)68(17,18)19)84-65(79)59-57(44(10)11)53(74-62(59)75(26)66(80)72(31-5,32-6)33-7)39-52-56(43(8)9)58(54(73-52)40-55(76)71(28-2,29-3)30-4)64(78)83-60-50(69(20,21)22)37-47(38-51(60)70(23,24)25)42-82-63(77)45(12)13/h39,43-44,46-51,60-61,73H,12,27-38,40-42H2,1-11,13-26H3/b53-39-. The molecule has 1 N–H and O–H groups in total. The molecular formula is C72H119N3O9. The van der Waals surface area contributed by atoms with E-state index in [1.165, 1.54) is 0 Å². The number of allylic oxidation sites excluding steroid dienone is 1. The van der Waals surface area contributed by atoms with Gasteiger partial charge in [-0.15, -0.1) is 0 Å². The summed E-state index contributed by atoms with van der Waals surface area (Å²) < 4.78 is 26.2. The lowest BCUT2D eigenvalue weighted by Gasteiger charge is -2.50. The van der Waals surface area contributed by atoms with Gasteiger partial charge in [0.1, 0.15) is 23.6 Å². The van der Waals surface area contributed by atoms with Crippen molar-refractivity contribution >= 4 is 41.5 Å². The third kappa shape index (κ3) is 16.2. The third-order valence-electron chi connectivity index (χ3n) is 20.4. The zero-order valence-corrected chi connectivity index (χ0v) is 57.7. The second-order valence-electron chi connectivity index (χ2n) is 30.8. The lowest BCUT2D eigenvalue weighted by atomic mass is 9.58.